The Labute approximate surface area is 80.7 Å². The normalized spacial score (nSPS) is 34.6. The van der Waals surface area contributed by atoms with Crippen LogP contribution in [0.5, 0.6) is 0 Å². The maximum absolute atomic E-state index is 10.3. The number of hydrogen-bond acceptors (Lipinski definition) is 2. The molecule has 1 unspecified atom stereocenters. The molecule has 0 N–H and O–H groups in total. The summed E-state index contributed by atoms with van der Waals surface area (Å²) in [7, 11) is 0. The summed E-state index contributed by atoms with van der Waals surface area (Å²) >= 11 is 0. The molecule has 0 aliphatic heterocycles. The second-order valence-corrected chi connectivity index (χ2v) is 4.60. The van der Waals surface area contributed by atoms with E-state index in [2.05, 4.69) is 20.8 Å². The topological polar surface area (TPSA) is 26.3 Å². The lowest BCUT2D eigenvalue weighted by Gasteiger charge is -2.35. The van der Waals surface area contributed by atoms with Crippen molar-refractivity contribution < 1.29 is 9.53 Å². The Kier molecular flexibility index (Phi) is 3.76. The van der Waals surface area contributed by atoms with Gasteiger partial charge in [0.2, 0.25) is 0 Å². The first-order valence-corrected chi connectivity index (χ1v) is 5.24. The van der Waals surface area contributed by atoms with Crippen molar-refractivity contribution in [3.8, 4) is 0 Å². The standard InChI is InChI=1S/C11H20O2/c1-8(2)10-5-4-9(3)6-11(10)13-7-12/h7-11H,4-6H2,1-3H3/t9-,10?,11-/m0/s1. The number of hydrogen-bond donors (Lipinski definition) is 0. The molecule has 0 aromatic heterocycles. The third kappa shape index (κ3) is 2.71. The van der Waals surface area contributed by atoms with E-state index in [0.29, 0.717) is 24.2 Å². The monoisotopic (exact) mass is 184 g/mol. The van der Waals surface area contributed by atoms with Crippen LogP contribution in [-0.4, -0.2) is 12.6 Å². The minimum absolute atomic E-state index is 0.168. The van der Waals surface area contributed by atoms with E-state index in [0.717, 1.165) is 6.42 Å². The lowest BCUT2D eigenvalue weighted by atomic mass is 9.75. The number of carbonyl (C=O) groups excluding carboxylic acids is 1. The maximum atomic E-state index is 10.3. The van der Waals surface area contributed by atoms with Crippen LogP contribution in [0.1, 0.15) is 40.0 Å². The Balaban J connectivity index is 2.54. The summed E-state index contributed by atoms with van der Waals surface area (Å²) in [6.07, 6.45) is 3.70. The third-order valence-electron chi connectivity index (χ3n) is 3.19. The largest absolute Gasteiger partial charge is 0.464 e. The van der Waals surface area contributed by atoms with Gasteiger partial charge in [-0.2, -0.15) is 0 Å². The fourth-order valence-electron chi connectivity index (χ4n) is 2.34. The van der Waals surface area contributed by atoms with Crippen LogP contribution in [0.15, 0.2) is 0 Å². The molecular formula is C11H20O2. The van der Waals surface area contributed by atoms with Crippen molar-refractivity contribution in [2.24, 2.45) is 17.8 Å². The van der Waals surface area contributed by atoms with E-state index in [1.54, 1.807) is 0 Å². The molecule has 0 aromatic rings. The van der Waals surface area contributed by atoms with Crippen molar-refractivity contribution in [2.45, 2.75) is 46.1 Å². The number of ether oxygens (including phenoxy) is 1. The highest BCUT2D eigenvalue weighted by atomic mass is 16.5. The molecule has 76 valence electrons. The van der Waals surface area contributed by atoms with E-state index in [-0.39, 0.29) is 6.10 Å². The van der Waals surface area contributed by atoms with E-state index in [1.165, 1.54) is 12.8 Å². The second kappa shape index (κ2) is 4.64. The van der Waals surface area contributed by atoms with E-state index in [1.807, 2.05) is 0 Å². The van der Waals surface area contributed by atoms with Gasteiger partial charge in [0.25, 0.3) is 6.47 Å². The Hall–Kier alpha value is -0.530. The van der Waals surface area contributed by atoms with Crippen LogP contribution in [0.3, 0.4) is 0 Å². The van der Waals surface area contributed by atoms with Crippen LogP contribution < -0.4 is 0 Å². The first-order valence-electron chi connectivity index (χ1n) is 5.24. The van der Waals surface area contributed by atoms with E-state index in [9.17, 15) is 4.79 Å². The van der Waals surface area contributed by atoms with Crippen molar-refractivity contribution in [1.29, 1.82) is 0 Å². The smallest absolute Gasteiger partial charge is 0.293 e. The molecule has 0 heterocycles. The van der Waals surface area contributed by atoms with Crippen molar-refractivity contribution in [3.05, 3.63) is 0 Å². The highest BCUT2D eigenvalue weighted by Crippen LogP contribution is 2.34. The molecule has 1 aliphatic rings. The zero-order chi connectivity index (χ0) is 9.84. The summed E-state index contributed by atoms with van der Waals surface area (Å²) < 4.78 is 5.15. The molecule has 2 nitrogen and oxygen atoms in total. The zero-order valence-electron chi connectivity index (χ0n) is 8.82. The minimum Gasteiger partial charge on any atom is -0.464 e. The minimum atomic E-state index is 0.168. The molecule has 0 aromatic carbocycles. The highest BCUT2D eigenvalue weighted by molar-refractivity contribution is 5.37. The Morgan fingerprint density at radius 3 is 2.62 bits per heavy atom. The van der Waals surface area contributed by atoms with Crippen LogP contribution in [0.4, 0.5) is 0 Å². The van der Waals surface area contributed by atoms with Gasteiger partial charge in [0.05, 0.1) is 0 Å². The van der Waals surface area contributed by atoms with Gasteiger partial charge in [-0.05, 0) is 30.6 Å². The average Bonchev–Trinajstić information content (AvgIpc) is 2.04. The molecule has 0 radical (unpaired) electrons. The molecule has 3 atom stereocenters. The molecule has 0 saturated heterocycles. The van der Waals surface area contributed by atoms with Crippen LogP contribution in [0.2, 0.25) is 0 Å². The molecule has 0 amide bonds. The van der Waals surface area contributed by atoms with Crippen LogP contribution >= 0.6 is 0 Å². The highest BCUT2D eigenvalue weighted by Gasteiger charge is 2.31. The molecule has 13 heavy (non-hydrogen) atoms. The zero-order valence-corrected chi connectivity index (χ0v) is 8.82. The van der Waals surface area contributed by atoms with Gasteiger partial charge in [0.1, 0.15) is 6.10 Å². The molecular weight excluding hydrogens is 164 g/mol. The quantitative estimate of drug-likeness (QED) is 0.630. The summed E-state index contributed by atoms with van der Waals surface area (Å²) in [5, 5.41) is 0. The summed E-state index contributed by atoms with van der Waals surface area (Å²) in [6, 6.07) is 0. The van der Waals surface area contributed by atoms with Crippen molar-refractivity contribution in [2.75, 3.05) is 0 Å². The predicted octanol–water partition coefficient (Wildman–Crippen LogP) is 2.62. The average molecular weight is 184 g/mol. The first-order chi connectivity index (χ1) is 6.15. The third-order valence-corrected chi connectivity index (χ3v) is 3.19. The fraction of sp³-hybridized carbons (Fsp3) is 0.909. The van der Waals surface area contributed by atoms with E-state index in [4.69, 9.17) is 4.74 Å². The second-order valence-electron chi connectivity index (χ2n) is 4.60. The van der Waals surface area contributed by atoms with Crippen molar-refractivity contribution >= 4 is 6.47 Å². The molecule has 0 bridgehead atoms. The molecule has 1 saturated carbocycles. The van der Waals surface area contributed by atoms with Crippen molar-refractivity contribution in [3.63, 3.8) is 0 Å². The van der Waals surface area contributed by atoms with Crippen LogP contribution in [-0.2, 0) is 9.53 Å². The van der Waals surface area contributed by atoms with Gasteiger partial charge in [0.15, 0.2) is 0 Å². The Morgan fingerprint density at radius 2 is 2.08 bits per heavy atom. The van der Waals surface area contributed by atoms with Gasteiger partial charge >= 0.3 is 0 Å². The van der Waals surface area contributed by atoms with Gasteiger partial charge in [-0.25, -0.2) is 0 Å². The molecule has 1 rings (SSSR count). The summed E-state index contributed by atoms with van der Waals surface area (Å²) in [4.78, 5) is 10.3. The summed E-state index contributed by atoms with van der Waals surface area (Å²) in [5.41, 5.74) is 0. The molecule has 2 heteroatoms. The maximum Gasteiger partial charge on any atom is 0.293 e. The summed E-state index contributed by atoms with van der Waals surface area (Å²) in [6.45, 7) is 7.26. The van der Waals surface area contributed by atoms with E-state index >= 15 is 0 Å². The lowest BCUT2D eigenvalue weighted by molar-refractivity contribution is -0.140. The SMILES string of the molecule is CC(C)C1CC[C@H](C)C[C@@H]1OC=O. The summed E-state index contributed by atoms with van der Waals surface area (Å²) in [5.74, 6) is 1.90. The Morgan fingerprint density at radius 1 is 1.38 bits per heavy atom. The van der Waals surface area contributed by atoms with Gasteiger partial charge in [-0.15, -0.1) is 0 Å². The molecule has 0 spiro atoms. The first kappa shape index (κ1) is 10.6. The lowest BCUT2D eigenvalue weighted by Crippen LogP contribution is -2.33. The van der Waals surface area contributed by atoms with Gasteiger partial charge in [-0.3, -0.25) is 4.79 Å². The molecule has 1 aliphatic carbocycles. The Bertz CT molecular complexity index is 165. The molecule has 1 fully saturated rings. The van der Waals surface area contributed by atoms with Crippen LogP contribution in [0, 0.1) is 17.8 Å². The predicted molar refractivity (Wildman–Crippen MR) is 52.3 cm³/mol. The van der Waals surface area contributed by atoms with Gasteiger partial charge in [-0.1, -0.05) is 27.2 Å². The number of carbonyl (C=O) groups is 1. The number of rotatable bonds is 3. The van der Waals surface area contributed by atoms with Gasteiger partial charge in [0, 0.05) is 0 Å². The van der Waals surface area contributed by atoms with Crippen LogP contribution in [0.25, 0.3) is 0 Å². The van der Waals surface area contributed by atoms with E-state index < -0.39 is 0 Å². The van der Waals surface area contributed by atoms with Crippen molar-refractivity contribution in [1.82, 2.24) is 0 Å². The fourth-order valence-corrected chi connectivity index (χ4v) is 2.34. The van der Waals surface area contributed by atoms with Gasteiger partial charge < -0.3 is 4.74 Å².